The predicted molar refractivity (Wildman–Crippen MR) is 70.4 cm³/mol. The van der Waals surface area contributed by atoms with E-state index in [-0.39, 0.29) is 5.69 Å². The average molecular weight is 267 g/mol. The quantitative estimate of drug-likeness (QED) is 0.872. The van der Waals surface area contributed by atoms with Crippen LogP contribution in [0.4, 0.5) is 5.13 Å². The van der Waals surface area contributed by atoms with Gasteiger partial charge < -0.3 is 15.3 Å². The molecule has 0 aliphatic carbocycles. The molecule has 4 heterocycles. The highest BCUT2D eigenvalue weighted by molar-refractivity contribution is 7.15. The maximum absolute atomic E-state index is 11.0. The van der Waals surface area contributed by atoms with Crippen LogP contribution in [0.2, 0.25) is 0 Å². The summed E-state index contributed by atoms with van der Waals surface area (Å²) in [5.74, 6) is -0.224. The first kappa shape index (κ1) is 11.9. The fourth-order valence-electron chi connectivity index (χ4n) is 2.94. The second kappa shape index (κ2) is 4.51. The molecule has 3 aliphatic rings. The molecule has 18 heavy (non-hydrogen) atoms. The van der Waals surface area contributed by atoms with Crippen LogP contribution in [0.3, 0.4) is 0 Å². The molecule has 98 valence electrons. The van der Waals surface area contributed by atoms with Crippen molar-refractivity contribution in [3.05, 3.63) is 10.6 Å². The number of carbonyl (C=O) groups is 1. The van der Waals surface area contributed by atoms with Gasteiger partial charge in [0.2, 0.25) is 0 Å². The van der Waals surface area contributed by atoms with Crippen molar-refractivity contribution in [3.8, 4) is 0 Å². The molecule has 5 nitrogen and oxygen atoms in total. The molecule has 0 radical (unpaired) electrons. The van der Waals surface area contributed by atoms with Crippen LogP contribution in [-0.4, -0.2) is 46.6 Å². The highest BCUT2D eigenvalue weighted by Gasteiger charge is 2.34. The number of aromatic carboxylic acids is 1. The largest absolute Gasteiger partial charge is 0.476 e. The molecule has 2 N–H and O–H groups in total. The number of aromatic nitrogens is 1. The van der Waals surface area contributed by atoms with Gasteiger partial charge in [0.25, 0.3) is 0 Å². The van der Waals surface area contributed by atoms with Crippen LogP contribution < -0.4 is 5.32 Å². The molecule has 0 spiro atoms. The lowest BCUT2D eigenvalue weighted by molar-refractivity contribution is 0.0690. The van der Waals surface area contributed by atoms with Gasteiger partial charge in [0.05, 0.1) is 0 Å². The van der Waals surface area contributed by atoms with E-state index >= 15 is 0 Å². The molecule has 3 aliphatic heterocycles. The van der Waals surface area contributed by atoms with E-state index < -0.39 is 5.97 Å². The standard InChI is InChI=1S/C12H17N3O2S/c1-7-10(11(16)17)14-12(18-7)13-9-6-15-4-2-8(9)3-5-15/h8-9H,2-6H2,1H3,(H,13,14)(H,16,17). The molecule has 1 aromatic heterocycles. The van der Waals surface area contributed by atoms with E-state index in [4.69, 9.17) is 5.11 Å². The van der Waals surface area contributed by atoms with Crippen LogP contribution >= 0.6 is 11.3 Å². The first-order valence-electron chi connectivity index (χ1n) is 6.33. The molecule has 0 amide bonds. The number of hydrogen-bond donors (Lipinski definition) is 2. The third kappa shape index (κ3) is 2.10. The molecule has 2 bridgehead atoms. The number of nitrogens with one attached hydrogen (secondary N) is 1. The van der Waals surface area contributed by atoms with Crippen molar-refractivity contribution in [3.63, 3.8) is 0 Å². The van der Waals surface area contributed by atoms with E-state index in [1.165, 1.54) is 37.3 Å². The molecule has 3 saturated heterocycles. The molecule has 0 aromatic carbocycles. The number of anilines is 1. The van der Waals surface area contributed by atoms with Crippen LogP contribution in [0.15, 0.2) is 0 Å². The summed E-state index contributed by atoms with van der Waals surface area (Å²) in [6, 6.07) is 0.430. The molecule has 1 unspecified atom stereocenters. The maximum atomic E-state index is 11.0. The molecule has 1 aromatic rings. The topological polar surface area (TPSA) is 65.5 Å². The third-order valence-corrected chi connectivity index (χ3v) is 4.87. The third-order valence-electron chi connectivity index (χ3n) is 3.96. The van der Waals surface area contributed by atoms with Crippen LogP contribution in [0, 0.1) is 12.8 Å². The first-order chi connectivity index (χ1) is 8.63. The summed E-state index contributed by atoms with van der Waals surface area (Å²) in [7, 11) is 0. The Labute approximate surface area is 110 Å². The summed E-state index contributed by atoms with van der Waals surface area (Å²) >= 11 is 1.44. The Kier molecular flexibility index (Phi) is 2.99. The zero-order valence-electron chi connectivity index (χ0n) is 10.3. The summed E-state index contributed by atoms with van der Waals surface area (Å²) in [4.78, 5) is 18.4. The number of aryl methyl sites for hydroxylation is 1. The lowest BCUT2D eigenvalue weighted by Gasteiger charge is -2.44. The van der Waals surface area contributed by atoms with Gasteiger partial charge in [-0.2, -0.15) is 0 Å². The van der Waals surface area contributed by atoms with Gasteiger partial charge in [0.15, 0.2) is 10.8 Å². The number of carboxylic acid groups (broad SMARTS) is 1. The monoisotopic (exact) mass is 267 g/mol. The van der Waals surface area contributed by atoms with E-state index in [0.717, 1.165) is 16.6 Å². The average Bonchev–Trinajstić information content (AvgIpc) is 2.72. The molecular weight excluding hydrogens is 250 g/mol. The molecular formula is C12H17N3O2S. The minimum Gasteiger partial charge on any atom is -0.476 e. The van der Waals surface area contributed by atoms with Crippen LogP contribution in [0.25, 0.3) is 0 Å². The van der Waals surface area contributed by atoms with Crippen molar-refractivity contribution in [1.29, 1.82) is 0 Å². The zero-order chi connectivity index (χ0) is 12.7. The number of fused-ring (bicyclic) bond motifs is 3. The number of hydrogen-bond acceptors (Lipinski definition) is 5. The van der Waals surface area contributed by atoms with Gasteiger partial charge in [-0.15, -0.1) is 11.3 Å². The number of piperidine rings is 3. The Balaban J connectivity index is 1.73. The van der Waals surface area contributed by atoms with E-state index in [0.29, 0.717) is 12.0 Å². The van der Waals surface area contributed by atoms with Crippen LogP contribution in [0.5, 0.6) is 0 Å². The van der Waals surface area contributed by atoms with Crippen molar-refractivity contribution < 1.29 is 9.90 Å². The Morgan fingerprint density at radius 1 is 1.50 bits per heavy atom. The van der Waals surface area contributed by atoms with E-state index in [1.54, 1.807) is 0 Å². The van der Waals surface area contributed by atoms with Crippen molar-refractivity contribution in [1.82, 2.24) is 9.88 Å². The molecule has 3 fully saturated rings. The zero-order valence-corrected chi connectivity index (χ0v) is 11.2. The number of rotatable bonds is 3. The van der Waals surface area contributed by atoms with Gasteiger partial charge in [0, 0.05) is 17.5 Å². The smallest absolute Gasteiger partial charge is 0.355 e. The molecule has 0 saturated carbocycles. The number of carboxylic acids is 1. The maximum Gasteiger partial charge on any atom is 0.355 e. The van der Waals surface area contributed by atoms with Gasteiger partial charge in [-0.25, -0.2) is 9.78 Å². The minimum absolute atomic E-state index is 0.184. The lowest BCUT2D eigenvalue weighted by Crippen LogP contribution is -2.53. The fraction of sp³-hybridized carbons (Fsp3) is 0.667. The SMILES string of the molecule is Cc1sc(NC2CN3CCC2CC3)nc1C(=O)O. The van der Waals surface area contributed by atoms with E-state index in [1.807, 2.05) is 6.92 Å². The highest BCUT2D eigenvalue weighted by Crippen LogP contribution is 2.31. The molecule has 1 atom stereocenters. The number of nitrogens with zero attached hydrogens (tertiary/aromatic N) is 2. The minimum atomic E-state index is -0.939. The van der Waals surface area contributed by atoms with E-state index in [9.17, 15) is 4.79 Å². The van der Waals surface area contributed by atoms with Gasteiger partial charge in [-0.1, -0.05) is 0 Å². The van der Waals surface area contributed by atoms with Gasteiger partial charge in [0.1, 0.15) is 0 Å². The summed E-state index contributed by atoms with van der Waals surface area (Å²) in [5.41, 5.74) is 0.184. The summed E-state index contributed by atoms with van der Waals surface area (Å²) in [5, 5.41) is 13.2. The fourth-order valence-corrected chi connectivity index (χ4v) is 3.81. The Morgan fingerprint density at radius 3 is 2.72 bits per heavy atom. The molecule has 4 rings (SSSR count). The van der Waals surface area contributed by atoms with Gasteiger partial charge >= 0.3 is 5.97 Å². The normalized spacial score (nSPS) is 30.4. The second-order valence-electron chi connectivity index (χ2n) is 5.12. The summed E-state index contributed by atoms with van der Waals surface area (Å²) < 4.78 is 0. The predicted octanol–water partition coefficient (Wildman–Crippen LogP) is 1.66. The highest BCUT2D eigenvalue weighted by atomic mass is 32.1. The molecule has 6 heteroatoms. The Morgan fingerprint density at radius 2 is 2.22 bits per heavy atom. The van der Waals surface area contributed by atoms with Crippen molar-refractivity contribution in [2.45, 2.75) is 25.8 Å². The second-order valence-corrected chi connectivity index (χ2v) is 6.32. The van der Waals surface area contributed by atoms with Gasteiger partial charge in [-0.05, 0) is 38.8 Å². The summed E-state index contributed by atoms with van der Waals surface area (Å²) in [6.45, 7) is 5.29. The van der Waals surface area contributed by atoms with E-state index in [2.05, 4.69) is 15.2 Å². The number of thiazole rings is 1. The van der Waals surface area contributed by atoms with Crippen LogP contribution in [0.1, 0.15) is 28.2 Å². The lowest BCUT2D eigenvalue weighted by atomic mass is 9.84. The van der Waals surface area contributed by atoms with Crippen molar-refractivity contribution in [2.24, 2.45) is 5.92 Å². The Hall–Kier alpha value is -1.14. The van der Waals surface area contributed by atoms with Crippen molar-refractivity contribution in [2.75, 3.05) is 25.0 Å². The summed E-state index contributed by atoms with van der Waals surface area (Å²) in [6.07, 6.45) is 2.49. The van der Waals surface area contributed by atoms with Crippen LogP contribution in [-0.2, 0) is 0 Å². The van der Waals surface area contributed by atoms with Crippen molar-refractivity contribution >= 4 is 22.4 Å². The van der Waals surface area contributed by atoms with Gasteiger partial charge in [-0.3, -0.25) is 0 Å². The first-order valence-corrected chi connectivity index (χ1v) is 7.15. The Bertz CT molecular complexity index is 466.